The molecule has 0 radical (unpaired) electrons. The topological polar surface area (TPSA) is 72.6 Å². The van der Waals surface area contributed by atoms with E-state index in [0.717, 1.165) is 0 Å². The molecular weight excluding hydrogens is 335 g/mol. The van der Waals surface area contributed by atoms with Crippen LogP contribution in [-0.4, -0.2) is 39.0 Å². The highest BCUT2D eigenvalue weighted by Gasteiger charge is 2.31. The van der Waals surface area contributed by atoms with Crippen molar-refractivity contribution in [3.63, 3.8) is 0 Å². The van der Waals surface area contributed by atoms with Crippen LogP contribution in [0.5, 0.6) is 0 Å². The van der Waals surface area contributed by atoms with Gasteiger partial charge in [0.1, 0.15) is 4.90 Å². The Balaban J connectivity index is 2.38. The molecule has 1 aromatic carbocycles. The summed E-state index contributed by atoms with van der Waals surface area (Å²) in [6.45, 7) is 1.28. The van der Waals surface area contributed by atoms with E-state index in [4.69, 9.17) is 33.7 Å². The summed E-state index contributed by atoms with van der Waals surface area (Å²) in [7, 11) is -2.12. The zero-order chi connectivity index (χ0) is 15.6. The molecule has 1 aliphatic heterocycles. The van der Waals surface area contributed by atoms with E-state index >= 15 is 0 Å². The van der Waals surface area contributed by atoms with E-state index in [1.165, 1.54) is 16.4 Å². The van der Waals surface area contributed by atoms with Crippen molar-refractivity contribution in [3.8, 4) is 0 Å². The molecule has 1 aliphatic rings. The van der Waals surface area contributed by atoms with Gasteiger partial charge in [0, 0.05) is 37.9 Å². The molecular formula is C13H18Cl2N2O3S. The molecule has 0 saturated carbocycles. The number of halogens is 2. The maximum Gasteiger partial charge on any atom is 0.244 e. The van der Waals surface area contributed by atoms with Crippen LogP contribution in [0.25, 0.3) is 0 Å². The fourth-order valence-corrected chi connectivity index (χ4v) is 4.59. The van der Waals surface area contributed by atoms with Crippen LogP contribution in [0, 0.1) is 0 Å². The zero-order valence-electron chi connectivity index (χ0n) is 11.7. The van der Waals surface area contributed by atoms with Crippen molar-refractivity contribution < 1.29 is 13.2 Å². The molecule has 5 nitrogen and oxygen atoms in total. The van der Waals surface area contributed by atoms with Gasteiger partial charge in [0.15, 0.2) is 0 Å². The molecule has 0 spiro atoms. The number of benzene rings is 1. The molecule has 0 aliphatic carbocycles. The maximum atomic E-state index is 12.7. The first-order chi connectivity index (χ1) is 9.87. The summed E-state index contributed by atoms with van der Waals surface area (Å²) in [6, 6.07) is 2.79. The lowest BCUT2D eigenvalue weighted by Gasteiger charge is -2.30. The van der Waals surface area contributed by atoms with Crippen molar-refractivity contribution in [1.29, 1.82) is 0 Å². The van der Waals surface area contributed by atoms with Crippen LogP contribution >= 0.6 is 23.2 Å². The van der Waals surface area contributed by atoms with Crippen molar-refractivity contribution >= 4 is 33.2 Å². The lowest BCUT2D eigenvalue weighted by Crippen LogP contribution is -2.40. The van der Waals surface area contributed by atoms with Gasteiger partial charge in [0.2, 0.25) is 10.0 Å². The Hall–Kier alpha value is -0.370. The fourth-order valence-electron chi connectivity index (χ4n) is 2.33. The molecule has 0 bridgehead atoms. The normalized spacial score (nSPS) is 17.4. The number of nitrogens with two attached hydrogens (primary N) is 1. The highest BCUT2D eigenvalue weighted by Crippen LogP contribution is 2.31. The summed E-state index contributed by atoms with van der Waals surface area (Å²) in [5, 5.41) is 0.478. The van der Waals surface area contributed by atoms with Crippen molar-refractivity contribution in [2.24, 2.45) is 5.73 Å². The van der Waals surface area contributed by atoms with E-state index in [1.807, 2.05) is 0 Å². The van der Waals surface area contributed by atoms with Crippen LogP contribution in [0.2, 0.25) is 10.0 Å². The largest absolute Gasteiger partial charge is 0.381 e. The summed E-state index contributed by atoms with van der Waals surface area (Å²) in [5.41, 5.74) is 6.13. The van der Waals surface area contributed by atoms with E-state index < -0.39 is 10.0 Å². The zero-order valence-corrected chi connectivity index (χ0v) is 14.0. The van der Waals surface area contributed by atoms with Crippen LogP contribution in [0.15, 0.2) is 17.0 Å². The average molecular weight is 353 g/mol. The highest BCUT2D eigenvalue weighted by atomic mass is 35.5. The number of hydrogen-bond acceptors (Lipinski definition) is 4. The highest BCUT2D eigenvalue weighted by molar-refractivity contribution is 7.89. The Morgan fingerprint density at radius 3 is 2.48 bits per heavy atom. The van der Waals surface area contributed by atoms with Gasteiger partial charge in [0.05, 0.1) is 5.02 Å². The van der Waals surface area contributed by atoms with Crippen LogP contribution < -0.4 is 5.73 Å². The van der Waals surface area contributed by atoms with Gasteiger partial charge >= 0.3 is 0 Å². The molecule has 1 fully saturated rings. The quantitative estimate of drug-likeness (QED) is 0.901. The first-order valence-electron chi connectivity index (χ1n) is 6.61. The van der Waals surface area contributed by atoms with Gasteiger partial charge in [-0.2, -0.15) is 4.31 Å². The Labute approximate surface area is 135 Å². The molecule has 1 saturated heterocycles. The number of hydrogen-bond donors (Lipinski definition) is 1. The maximum absolute atomic E-state index is 12.7. The monoisotopic (exact) mass is 352 g/mol. The van der Waals surface area contributed by atoms with Crippen LogP contribution in [0.1, 0.15) is 18.4 Å². The Bertz CT molecular complexity index is 616. The number of ether oxygens (including phenoxy) is 1. The Morgan fingerprint density at radius 2 is 1.90 bits per heavy atom. The Kier molecular flexibility index (Phi) is 5.51. The Morgan fingerprint density at radius 1 is 1.29 bits per heavy atom. The second-order valence-electron chi connectivity index (χ2n) is 4.94. The van der Waals surface area contributed by atoms with Gasteiger partial charge in [-0.25, -0.2) is 8.42 Å². The molecule has 1 heterocycles. The molecule has 0 unspecified atom stereocenters. The first kappa shape index (κ1) is 17.0. The number of rotatable bonds is 4. The van der Waals surface area contributed by atoms with Gasteiger partial charge in [-0.15, -0.1) is 0 Å². The standard InChI is InChI=1S/C13H18Cl2N2O3S/c1-17(10-2-4-20-5-3-10)21(18,19)13-6-9(8-16)11(14)7-12(13)15/h6-7,10H,2-5,8,16H2,1H3. The average Bonchev–Trinajstić information content (AvgIpc) is 2.47. The molecule has 21 heavy (non-hydrogen) atoms. The number of sulfonamides is 1. The summed E-state index contributed by atoms with van der Waals surface area (Å²) < 4.78 is 32.1. The summed E-state index contributed by atoms with van der Waals surface area (Å²) in [5.74, 6) is 0. The molecule has 2 rings (SSSR count). The minimum Gasteiger partial charge on any atom is -0.381 e. The van der Waals surface area contributed by atoms with E-state index in [2.05, 4.69) is 0 Å². The predicted molar refractivity (Wildman–Crippen MR) is 83.1 cm³/mol. The molecule has 8 heteroatoms. The van der Waals surface area contributed by atoms with E-state index in [-0.39, 0.29) is 22.5 Å². The summed E-state index contributed by atoms with van der Waals surface area (Å²) in [4.78, 5) is 0.0445. The predicted octanol–water partition coefficient (Wildman–Crippen LogP) is 2.25. The third-order valence-corrected chi connectivity index (χ3v) is 6.41. The van der Waals surface area contributed by atoms with Crippen LogP contribution in [0.3, 0.4) is 0 Å². The molecule has 118 valence electrons. The second-order valence-corrected chi connectivity index (χ2v) is 7.72. The van der Waals surface area contributed by atoms with Gasteiger partial charge in [-0.3, -0.25) is 0 Å². The fraction of sp³-hybridized carbons (Fsp3) is 0.538. The lowest BCUT2D eigenvalue weighted by molar-refractivity contribution is 0.0632. The molecule has 2 N–H and O–H groups in total. The van der Waals surface area contributed by atoms with Gasteiger partial charge < -0.3 is 10.5 Å². The third-order valence-electron chi connectivity index (χ3n) is 3.68. The van der Waals surface area contributed by atoms with Gasteiger partial charge in [0.25, 0.3) is 0 Å². The van der Waals surface area contributed by atoms with E-state index in [9.17, 15) is 8.42 Å². The van der Waals surface area contributed by atoms with Crippen LogP contribution in [-0.2, 0) is 21.3 Å². The second kappa shape index (κ2) is 6.81. The SMILES string of the molecule is CN(C1CCOCC1)S(=O)(=O)c1cc(CN)c(Cl)cc1Cl. The van der Waals surface area contributed by atoms with Crippen LogP contribution in [0.4, 0.5) is 0 Å². The minimum atomic E-state index is -3.69. The third kappa shape index (κ3) is 3.52. The summed E-state index contributed by atoms with van der Waals surface area (Å²) >= 11 is 12.1. The van der Waals surface area contributed by atoms with Gasteiger partial charge in [-0.1, -0.05) is 23.2 Å². The lowest BCUT2D eigenvalue weighted by atomic mass is 10.1. The van der Waals surface area contributed by atoms with Crippen molar-refractivity contribution in [1.82, 2.24) is 4.31 Å². The molecule has 0 aromatic heterocycles. The molecule has 0 amide bonds. The van der Waals surface area contributed by atoms with Crippen molar-refractivity contribution in [2.45, 2.75) is 30.3 Å². The first-order valence-corrected chi connectivity index (χ1v) is 8.81. The smallest absolute Gasteiger partial charge is 0.244 e. The van der Waals surface area contributed by atoms with E-state index in [0.29, 0.717) is 36.6 Å². The van der Waals surface area contributed by atoms with Gasteiger partial charge in [-0.05, 0) is 30.5 Å². The van der Waals surface area contributed by atoms with E-state index in [1.54, 1.807) is 7.05 Å². The summed E-state index contributed by atoms with van der Waals surface area (Å²) in [6.07, 6.45) is 1.34. The minimum absolute atomic E-state index is 0.0445. The molecule has 0 atom stereocenters. The van der Waals surface area contributed by atoms with Crippen molar-refractivity contribution in [3.05, 3.63) is 27.7 Å². The molecule has 1 aromatic rings. The van der Waals surface area contributed by atoms with Crippen molar-refractivity contribution in [2.75, 3.05) is 20.3 Å². The number of nitrogens with zero attached hydrogens (tertiary/aromatic N) is 1.